The number of hydrogen-bond donors (Lipinski definition) is 2. The van der Waals surface area contributed by atoms with Crippen molar-refractivity contribution in [2.45, 2.75) is 18.6 Å². The Balaban J connectivity index is 2.47. The van der Waals surface area contributed by atoms with Gasteiger partial charge in [0.25, 0.3) is 0 Å². The van der Waals surface area contributed by atoms with E-state index in [0.29, 0.717) is 13.0 Å². The second-order valence-corrected chi connectivity index (χ2v) is 3.40. The van der Waals surface area contributed by atoms with Crippen LogP contribution in [0.25, 0.3) is 0 Å². The molecule has 2 unspecified atom stereocenters. The molecule has 1 aliphatic heterocycles. The van der Waals surface area contributed by atoms with Gasteiger partial charge in [-0.2, -0.15) is 13.2 Å². The number of alkyl halides is 3. The molecule has 0 radical (unpaired) electrons. The first-order valence-corrected chi connectivity index (χ1v) is 4.60. The number of hydrogen-bond acceptors (Lipinski definition) is 3. The van der Waals surface area contributed by atoms with Crippen LogP contribution in [0.3, 0.4) is 0 Å². The molecule has 1 heterocycles. The van der Waals surface area contributed by atoms with Gasteiger partial charge in [0, 0.05) is 13.2 Å². The topological polar surface area (TPSA) is 64.3 Å². The second-order valence-electron chi connectivity index (χ2n) is 3.40. The summed E-state index contributed by atoms with van der Waals surface area (Å²) in [6, 6.07) is -1.97. The smallest absolute Gasteiger partial charge is 0.381 e. The van der Waals surface area contributed by atoms with Gasteiger partial charge in [-0.1, -0.05) is 0 Å². The van der Waals surface area contributed by atoms with Crippen LogP contribution in [0.15, 0.2) is 0 Å². The number of nitrogens with two attached hydrogens (primary N) is 1. The van der Waals surface area contributed by atoms with E-state index in [-0.39, 0.29) is 6.61 Å². The number of carbonyl (C=O) groups is 1. The van der Waals surface area contributed by atoms with Gasteiger partial charge < -0.3 is 15.8 Å². The van der Waals surface area contributed by atoms with Crippen LogP contribution >= 0.6 is 0 Å². The molecule has 2 atom stereocenters. The number of ether oxygens (including phenoxy) is 1. The van der Waals surface area contributed by atoms with Crippen molar-refractivity contribution in [3.8, 4) is 0 Å². The molecule has 0 aromatic heterocycles. The van der Waals surface area contributed by atoms with Gasteiger partial charge in [0.2, 0.25) is 5.91 Å². The van der Waals surface area contributed by atoms with E-state index in [1.54, 1.807) is 0 Å². The van der Waals surface area contributed by atoms with E-state index in [1.807, 2.05) is 5.32 Å². The largest absolute Gasteiger partial charge is 0.409 e. The fraction of sp³-hybridized carbons (Fsp3) is 0.875. The minimum atomic E-state index is -4.50. The third kappa shape index (κ3) is 3.35. The van der Waals surface area contributed by atoms with Crippen molar-refractivity contribution in [1.82, 2.24) is 5.32 Å². The maximum absolute atomic E-state index is 12.2. The van der Waals surface area contributed by atoms with Gasteiger partial charge in [-0.25, -0.2) is 0 Å². The normalized spacial score (nSPS) is 23.9. The minimum absolute atomic E-state index is 0.182. The summed E-state index contributed by atoms with van der Waals surface area (Å²) < 4.78 is 41.6. The average Bonchev–Trinajstić information content (AvgIpc) is 2.64. The summed E-state index contributed by atoms with van der Waals surface area (Å²) in [7, 11) is 0. The number of nitrogens with one attached hydrogen (secondary N) is 1. The summed E-state index contributed by atoms with van der Waals surface area (Å²) in [5.41, 5.74) is 4.94. The van der Waals surface area contributed by atoms with Crippen molar-refractivity contribution >= 4 is 5.91 Å². The summed E-state index contributed by atoms with van der Waals surface area (Å²) in [6.07, 6.45) is -4.04. The molecule has 1 rings (SSSR count). The van der Waals surface area contributed by atoms with Gasteiger partial charge in [0.05, 0.1) is 12.5 Å². The first kappa shape index (κ1) is 12.3. The summed E-state index contributed by atoms with van der Waals surface area (Å²) in [4.78, 5) is 11.3. The molecule has 1 amide bonds. The van der Waals surface area contributed by atoms with Crippen molar-refractivity contribution in [2.24, 2.45) is 11.7 Å². The quantitative estimate of drug-likeness (QED) is 0.713. The van der Waals surface area contributed by atoms with Gasteiger partial charge in [-0.05, 0) is 6.42 Å². The fourth-order valence-electron chi connectivity index (χ4n) is 1.31. The van der Waals surface area contributed by atoms with Gasteiger partial charge in [-0.15, -0.1) is 0 Å². The fourth-order valence-corrected chi connectivity index (χ4v) is 1.31. The molecule has 1 saturated heterocycles. The zero-order valence-corrected chi connectivity index (χ0v) is 8.01. The Hall–Kier alpha value is -0.820. The lowest BCUT2D eigenvalue weighted by molar-refractivity contribution is -0.160. The Bertz CT molecular complexity index is 226. The maximum Gasteiger partial charge on any atom is 0.409 e. The molecule has 0 aromatic carbocycles. The molecule has 4 nitrogen and oxygen atoms in total. The van der Waals surface area contributed by atoms with E-state index in [9.17, 15) is 18.0 Å². The lowest BCUT2D eigenvalue weighted by Gasteiger charge is -2.21. The van der Waals surface area contributed by atoms with Crippen molar-refractivity contribution in [1.29, 1.82) is 0 Å². The van der Waals surface area contributed by atoms with Crippen LogP contribution in [-0.2, 0) is 9.53 Å². The van der Waals surface area contributed by atoms with E-state index in [0.717, 1.165) is 0 Å². The number of amides is 1. The highest BCUT2D eigenvalue weighted by Crippen LogP contribution is 2.20. The molecule has 7 heteroatoms. The first-order chi connectivity index (χ1) is 6.95. The molecule has 1 aliphatic rings. The summed E-state index contributed by atoms with van der Waals surface area (Å²) >= 11 is 0. The van der Waals surface area contributed by atoms with E-state index in [4.69, 9.17) is 10.5 Å². The Kier molecular flexibility index (Phi) is 3.92. The highest BCUT2D eigenvalue weighted by molar-refractivity contribution is 5.79. The van der Waals surface area contributed by atoms with E-state index < -0.39 is 30.6 Å². The maximum atomic E-state index is 12.2. The molecule has 88 valence electrons. The van der Waals surface area contributed by atoms with Crippen molar-refractivity contribution < 1.29 is 22.7 Å². The predicted molar refractivity (Wildman–Crippen MR) is 46.0 cm³/mol. The van der Waals surface area contributed by atoms with Crippen LogP contribution in [0.1, 0.15) is 6.42 Å². The third-order valence-electron chi connectivity index (χ3n) is 2.25. The first-order valence-electron chi connectivity index (χ1n) is 4.60. The molecule has 0 aliphatic carbocycles. The Morgan fingerprint density at radius 2 is 2.27 bits per heavy atom. The third-order valence-corrected chi connectivity index (χ3v) is 2.25. The molecule has 0 bridgehead atoms. The van der Waals surface area contributed by atoms with E-state index >= 15 is 0 Å². The van der Waals surface area contributed by atoms with Crippen LogP contribution in [0.5, 0.6) is 0 Å². The number of rotatable bonds is 3. The highest BCUT2D eigenvalue weighted by Gasteiger charge is 2.40. The molecular weight excluding hydrogens is 213 g/mol. The average molecular weight is 226 g/mol. The lowest BCUT2D eigenvalue weighted by atomic mass is 10.1. The summed E-state index contributed by atoms with van der Waals surface area (Å²) in [5.74, 6) is -1.12. The monoisotopic (exact) mass is 226 g/mol. The van der Waals surface area contributed by atoms with Gasteiger partial charge in [0.1, 0.15) is 6.04 Å². The van der Waals surface area contributed by atoms with Crippen molar-refractivity contribution in [3.05, 3.63) is 0 Å². The van der Waals surface area contributed by atoms with Gasteiger partial charge in [0.15, 0.2) is 0 Å². The number of carbonyl (C=O) groups excluding carboxylic acids is 1. The van der Waals surface area contributed by atoms with E-state index in [2.05, 4.69) is 0 Å². The van der Waals surface area contributed by atoms with Crippen LogP contribution in [0, 0.1) is 5.92 Å². The Morgan fingerprint density at radius 1 is 1.60 bits per heavy atom. The summed E-state index contributed by atoms with van der Waals surface area (Å²) in [5, 5.41) is 1.88. The molecule has 1 fully saturated rings. The van der Waals surface area contributed by atoms with Gasteiger partial charge in [-0.3, -0.25) is 4.79 Å². The standard InChI is InChI=1S/C8H13F3N2O2/c9-8(10,11)6(3-12)13-7(14)5-1-2-15-4-5/h5-6H,1-4,12H2,(H,13,14). The second kappa shape index (κ2) is 4.80. The van der Waals surface area contributed by atoms with Crippen molar-refractivity contribution in [3.63, 3.8) is 0 Å². The number of halogens is 3. The molecule has 0 aromatic rings. The van der Waals surface area contributed by atoms with Crippen LogP contribution in [0.4, 0.5) is 13.2 Å². The molecule has 0 saturated carbocycles. The molecule has 15 heavy (non-hydrogen) atoms. The Labute approximate surface area is 84.9 Å². The van der Waals surface area contributed by atoms with Crippen LogP contribution in [-0.4, -0.2) is 37.9 Å². The van der Waals surface area contributed by atoms with Crippen LogP contribution < -0.4 is 11.1 Å². The zero-order chi connectivity index (χ0) is 11.5. The van der Waals surface area contributed by atoms with Crippen molar-refractivity contribution in [2.75, 3.05) is 19.8 Å². The highest BCUT2D eigenvalue weighted by atomic mass is 19.4. The Morgan fingerprint density at radius 3 is 2.67 bits per heavy atom. The molecular formula is C8H13F3N2O2. The predicted octanol–water partition coefficient (Wildman–Crippen LogP) is 0.0287. The van der Waals surface area contributed by atoms with Crippen LogP contribution in [0.2, 0.25) is 0 Å². The zero-order valence-electron chi connectivity index (χ0n) is 8.01. The van der Waals surface area contributed by atoms with Gasteiger partial charge >= 0.3 is 6.18 Å². The lowest BCUT2D eigenvalue weighted by Crippen LogP contribution is -2.51. The van der Waals surface area contributed by atoms with E-state index in [1.165, 1.54) is 0 Å². The molecule has 3 N–H and O–H groups in total. The summed E-state index contributed by atoms with van der Waals surface area (Å²) in [6.45, 7) is -0.0544. The molecule has 0 spiro atoms. The SMILES string of the molecule is NCC(NC(=O)C1CCOC1)C(F)(F)F. The minimum Gasteiger partial charge on any atom is -0.381 e.